The van der Waals surface area contributed by atoms with Gasteiger partial charge in [-0.1, -0.05) is 30.3 Å². The number of hydrogen-bond acceptors (Lipinski definition) is 0. The molecule has 0 aliphatic carbocycles. The zero-order valence-electron chi connectivity index (χ0n) is 11.4. The maximum Gasteiger partial charge on any atom is 0.131 e. The first-order valence-electron chi connectivity index (χ1n) is 6.53. The molecule has 100 valence electrons. The Balaban J connectivity index is 2.41. The van der Waals surface area contributed by atoms with Crippen molar-refractivity contribution in [1.29, 1.82) is 0 Å². The highest BCUT2D eigenvalue weighted by Gasteiger charge is 2.14. The van der Waals surface area contributed by atoms with Crippen LogP contribution in [0.1, 0.15) is 11.1 Å². The van der Waals surface area contributed by atoms with Crippen molar-refractivity contribution in [3.8, 4) is 11.1 Å². The lowest BCUT2D eigenvalue weighted by Crippen LogP contribution is -1.94. The van der Waals surface area contributed by atoms with Gasteiger partial charge >= 0.3 is 0 Å². The van der Waals surface area contributed by atoms with E-state index in [0.29, 0.717) is 10.9 Å². The smallest absolute Gasteiger partial charge is 0.131 e. The number of hydrogen-bond donors (Lipinski definition) is 0. The molecule has 3 aromatic rings. The lowest BCUT2D eigenvalue weighted by molar-refractivity contribution is 0.631. The molecule has 0 aliphatic rings. The minimum atomic E-state index is -0.255. The Hall–Kier alpha value is -2.22. The van der Waals surface area contributed by atoms with E-state index in [-0.39, 0.29) is 11.6 Å². The van der Waals surface area contributed by atoms with Gasteiger partial charge in [-0.15, -0.1) is 0 Å². The number of rotatable bonds is 1. The van der Waals surface area contributed by atoms with Crippen LogP contribution in [0.4, 0.5) is 8.78 Å². The summed E-state index contributed by atoms with van der Waals surface area (Å²) in [5.41, 5.74) is 3.20. The fourth-order valence-corrected chi connectivity index (χ4v) is 2.81. The lowest BCUT2D eigenvalue weighted by Gasteiger charge is -2.14. The topological polar surface area (TPSA) is 0 Å². The van der Waals surface area contributed by atoms with Gasteiger partial charge in [0.2, 0.25) is 0 Å². The van der Waals surface area contributed by atoms with Crippen LogP contribution in [0.2, 0.25) is 0 Å². The summed E-state index contributed by atoms with van der Waals surface area (Å²) in [4.78, 5) is 0. The third-order valence-corrected chi connectivity index (χ3v) is 3.73. The highest BCUT2D eigenvalue weighted by Crippen LogP contribution is 2.35. The second-order valence-corrected chi connectivity index (χ2v) is 5.01. The van der Waals surface area contributed by atoms with Crippen LogP contribution in [0.15, 0.2) is 48.5 Å². The Labute approximate surface area is 116 Å². The van der Waals surface area contributed by atoms with E-state index in [2.05, 4.69) is 0 Å². The number of fused-ring (bicyclic) bond motifs is 1. The van der Waals surface area contributed by atoms with Crippen molar-refractivity contribution >= 4 is 10.8 Å². The molecule has 0 unspecified atom stereocenters. The van der Waals surface area contributed by atoms with Crippen LogP contribution < -0.4 is 0 Å². The molecule has 0 fully saturated rings. The normalized spacial score (nSPS) is 11.0. The monoisotopic (exact) mass is 268 g/mol. The Bertz CT molecular complexity index is 804. The Morgan fingerprint density at radius 2 is 1.45 bits per heavy atom. The number of halogens is 2. The summed E-state index contributed by atoms with van der Waals surface area (Å²) in [6, 6.07) is 13.5. The van der Waals surface area contributed by atoms with E-state index < -0.39 is 0 Å². The summed E-state index contributed by atoms with van der Waals surface area (Å²) in [6.45, 7) is 3.80. The van der Waals surface area contributed by atoms with E-state index >= 15 is 0 Å². The highest BCUT2D eigenvalue weighted by atomic mass is 19.1. The average Bonchev–Trinajstić information content (AvgIpc) is 2.42. The van der Waals surface area contributed by atoms with E-state index in [0.717, 1.165) is 22.1 Å². The van der Waals surface area contributed by atoms with Gasteiger partial charge in [-0.3, -0.25) is 0 Å². The molecular weight excluding hydrogens is 254 g/mol. The van der Waals surface area contributed by atoms with Gasteiger partial charge in [-0.05, 0) is 54.1 Å². The largest absolute Gasteiger partial charge is 0.206 e. The first-order chi connectivity index (χ1) is 9.59. The molecule has 0 saturated heterocycles. The maximum atomic E-state index is 14.0. The third-order valence-electron chi connectivity index (χ3n) is 3.73. The number of benzene rings is 3. The summed E-state index contributed by atoms with van der Waals surface area (Å²) in [6.07, 6.45) is 0. The van der Waals surface area contributed by atoms with Crippen LogP contribution in [0.3, 0.4) is 0 Å². The predicted octanol–water partition coefficient (Wildman–Crippen LogP) is 5.40. The molecule has 3 rings (SSSR count). The fourth-order valence-electron chi connectivity index (χ4n) is 2.81. The van der Waals surface area contributed by atoms with Gasteiger partial charge in [0.15, 0.2) is 0 Å². The van der Waals surface area contributed by atoms with Gasteiger partial charge in [0.05, 0.1) is 0 Å². The molecule has 0 heterocycles. The van der Waals surface area contributed by atoms with Gasteiger partial charge in [0, 0.05) is 10.9 Å². The maximum absolute atomic E-state index is 14.0. The standard InChI is InChI=1S/C18H14F2/c1-11-10-15-13(7-5-9-17(15)20)12(2)18(11)14-6-3-4-8-16(14)19/h3-10H,1-2H3. The first-order valence-corrected chi connectivity index (χ1v) is 6.53. The minimum Gasteiger partial charge on any atom is -0.206 e. The number of aryl methyl sites for hydroxylation is 2. The Kier molecular flexibility index (Phi) is 3.01. The molecule has 0 aromatic heterocycles. The SMILES string of the molecule is Cc1cc2c(F)cccc2c(C)c1-c1ccccc1F. The molecule has 2 heteroatoms. The second-order valence-electron chi connectivity index (χ2n) is 5.01. The molecular formula is C18H14F2. The lowest BCUT2D eigenvalue weighted by atomic mass is 9.90. The molecule has 20 heavy (non-hydrogen) atoms. The fraction of sp³-hybridized carbons (Fsp3) is 0.111. The van der Waals surface area contributed by atoms with Crippen LogP contribution in [-0.2, 0) is 0 Å². The molecule has 0 amide bonds. The average molecular weight is 268 g/mol. The van der Waals surface area contributed by atoms with Crippen LogP contribution in [0, 0.1) is 25.5 Å². The second kappa shape index (κ2) is 4.71. The molecule has 3 aromatic carbocycles. The van der Waals surface area contributed by atoms with Gasteiger partial charge in [0.25, 0.3) is 0 Å². The quantitative estimate of drug-likeness (QED) is 0.554. The van der Waals surface area contributed by atoms with Crippen molar-refractivity contribution in [2.45, 2.75) is 13.8 Å². The Morgan fingerprint density at radius 3 is 2.20 bits per heavy atom. The van der Waals surface area contributed by atoms with E-state index in [9.17, 15) is 8.78 Å². The molecule has 0 atom stereocenters. The van der Waals surface area contributed by atoms with Crippen LogP contribution in [0.5, 0.6) is 0 Å². The van der Waals surface area contributed by atoms with Crippen LogP contribution in [0.25, 0.3) is 21.9 Å². The van der Waals surface area contributed by atoms with Crippen molar-refractivity contribution in [2.24, 2.45) is 0 Å². The molecule has 0 aliphatic heterocycles. The molecule has 0 saturated carbocycles. The van der Waals surface area contributed by atoms with Crippen molar-refractivity contribution in [3.63, 3.8) is 0 Å². The van der Waals surface area contributed by atoms with Crippen molar-refractivity contribution in [2.75, 3.05) is 0 Å². The molecule has 0 N–H and O–H groups in total. The van der Waals surface area contributed by atoms with E-state index in [4.69, 9.17) is 0 Å². The summed E-state index contributed by atoms with van der Waals surface area (Å²) < 4.78 is 27.9. The van der Waals surface area contributed by atoms with Crippen LogP contribution >= 0.6 is 0 Å². The highest BCUT2D eigenvalue weighted by molar-refractivity contribution is 5.93. The zero-order chi connectivity index (χ0) is 14.3. The van der Waals surface area contributed by atoms with Crippen molar-refractivity contribution < 1.29 is 8.78 Å². The summed E-state index contributed by atoms with van der Waals surface area (Å²) in [5, 5.41) is 1.41. The predicted molar refractivity (Wildman–Crippen MR) is 78.8 cm³/mol. The minimum absolute atomic E-state index is 0.242. The van der Waals surface area contributed by atoms with Crippen LogP contribution in [-0.4, -0.2) is 0 Å². The van der Waals surface area contributed by atoms with Crippen molar-refractivity contribution in [3.05, 3.63) is 71.3 Å². The Morgan fingerprint density at radius 1 is 0.750 bits per heavy atom. The van der Waals surface area contributed by atoms with E-state index in [1.807, 2.05) is 26.0 Å². The molecule has 0 radical (unpaired) electrons. The summed E-state index contributed by atoms with van der Waals surface area (Å²) in [5.74, 6) is -0.497. The van der Waals surface area contributed by atoms with Gasteiger partial charge in [0.1, 0.15) is 11.6 Å². The zero-order valence-corrected chi connectivity index (χ0v) is 11.4. The molecule has 0 spiro atoms. The summed E-state index contributed by atoms with van der Waals surface area (Å²) in [7, 11) is 0. The van der Waals surface area contributed by atoms with E-state index in [1.54, 1.807) is 24.3 Å². The first kappa shape index (κ1) is 12.8. The van der Waals surface area contributed by atoms with Crippen molar-refractivity contribution in [1.82, 2.24) is 0 Å². The summed E-state index contributed by atoms with van der Waals surface area (Å²) >= 11 is 0. The van der Waals surface area contributed by atoms with Gasteiger partial charge in [-0.25, -0.2) is 8.78 Å². The molecule has 0 bridgehead atoms. The van der Waals surface area contributed by atoms with Gasteiger partial charge in [-0.2, -0.15) is 0 Å². The third kappa shape index (κ3) is 1.88. The van der Waals surface area contributed by atoms with Gasteiger partial charge < -0.3 is 0 Å². The molecule has 0 nitrogen and oxygen atoms in total. The van der Waals surface area contributed by atoms with E-state index in [1.165, 1.54) is 12.1 Å².